The second-order valence-electron chi connectivity index (χ2n) is 6.42. The largest absolute Gasteiger partial charge is 0.365 e. The van der Waals surface area contributed by atoms with Gasteiger partial charge < -0.3 is 5.32 Å². The molecule has 1 N–H and O–H groups in total. The van der Waals surface area contributed by atoms with Crippen LogP contribution < -0.4 is 5.32 Å². The Morgan fingerprint density at radius 3 is 2.19 bits per heavy atom. The van der Waals surface area contributed by atoms with Crippen LogP contribution in [-0.4, -0.2) is 22.1 Å². The number of benzene rings is 1. The molecule has 0 fully saturated rings. The first-order valence-electron chi connectivity index (χ1n) is 7.88. The number of hydrogen-bond donors (Lipinski definition) is 1. The second-order valence-corrected chi connectivity index (χ2v) is 6.81. The monoisotopic (exact) mass is 377 g/mol. The Morgan fingerprint density at radius 2 is 1.69 bits per heavy atom. The number of aromatic nitrogens is 2. The van der Waals surface area contributed by atoms with Crippen LogP contribution in [0.25, 0.3) is 0 Å². The number of nitrogens with zero attached hydrogens (tertiary/aromatic N) is 2. The summed E-state index contributed by atoms with van der Waals surface area (Å²) in [5.41, 5.74) is 2.34. The van der Waals surface area contributed by atoms with Gasteiger partial charge in [-0.3, -0.25) is 0 Å². The number of carbonyl (C=O) groups excluding carboxylic acids is 2. The molecule has 0 saturated carbocycles. The molecule has 0 amide bonds. The summed E-state index contributed by atoms with van der Waals surface area (Å²) in [6.07, 6.45) is 0. The highest BCUT2D eigenvalue weighted by Gasteiger charge is 2.36. The van der Waals surface area contributed by atoms with Crippen molar-refractivity contribution in [1.82, 2.24) is 10.2 Å². The lowest BCUT2D eigenvalue weighted by molar-refractivity contribution is -0.261. The molecule has 0 radical (unpaired) electrons. The van der Waals surface area contributed by atoms with E-state index in [1.807, 2.05) is 26.0 Å². The molecule has 8 heteroatoms. The number of nitrogens with one attached hydrogen (secondary N) is 1. The van der Waals surface area contributed by atoms with Gasteiger partial charge in [0.1, 0.15) is 0 Å². The van der Waals surface area contributed by atoms with Crippen LogP contribution >= 0.6 is 11.6 Å². The number of aryl methyl sites for hydroxylation is 2. The average Bonchev–Trinajstić information content (AvgIpc) is 2.53. The molecule has 26 heavy (non-hydrogen) atoms. The molecule has 2 aromatic rings. The van der Waals surface area contributed by atoms with Crippen LogP contribution in [-0.2, 0) is 24.8 Å². The van der Waals surface area contributed by atoms with Crippen molar-refractivity contribution < 1.29 is 19.4 Å². The maximum Gasteiger partial charge on any atom is 0.365 e. The fourth-order valence-corrected chi connectivity index (χ4v) is 2.96. The van der Waals surface area contributed by atoms with E-state index in [4.69, 9.17) is 11.6 Å². The summed E-state index contributed by atoms with van der Waals surface area (Å²) in [4.78, 5) is 32.2. The fourth-order valence-electron chi connectivity index (χ4n) is 2.85. The van der Waals surface area contributed by atoms with Crippen molar-refractivity contribution in [1.29, 1.82) is 0 Å². The molecule has 0 aliphatic heterocycles. The van der Waals surface area contributed by atoms with Gasteiger partial charge in [0.25, 0.3) is 0 Å². The van der Waals surface area contributed by atoms with Crippen molar-refractivity contribution in [3.05, 3.63) is 46.1 Å². The lowest BCUT2D eigenvalue weighted by Gasteiger charge is -2.26. The minimum atomic E-state index is -0.998. The molecule has 1 aromatic heterocycles. The first kappa shape index (κ1) is 19.7. The van der Waals surface area contributed by atoms with Gasteiger partial charge in [0, 0.05) is 12.6 Å². The van der Waals surface area contributed by atoms with Crippen molar-refractivity contribution in [3.63, 3.8) is 0 Å². The molecule has 138 valence electrons. The average molecular weight is 378 g/mol. The highest BCUT2D eigenvalue weighted by molar-refractivity contribution is 6.29. The van der Waals surface area contributed by atoms with Gasteiger partial charge in [-0.2, -0.15) is 0 Å². The predicted molar refractivity (Wildman–Crippen MR) is 97.1 cm³/mol. The Bertz CT molecular complexity index is 812. The molecule has 1 aromatic carbocycles. The zero-order valence-electron chi connectivity index (χ0n) is 15.2. The topological polar surface area (TPSA) is 90.4 Å². The molecule has 0 spiro atoms. The van der Waals surface area contributed by atoms with Gasteiger partial charge in [-0.1, -0.05) is 11.6 Å². The van der Waals surface area contributed by atoms with Crippen molar-refractivity contribution in [2.24, 2.45) is 0 Å². The number of hydrogen-bond acceptors (Lipinski definition) is 7. The van der Waals surface area contributed by atoms with Crippen LogP contribution in [0.3, 0.4) is 0 Å². The highest BCUT2D eigenvalue weighted by Crippen LogP contribution is 2.33. The van der Waals surface area contributed by atoms with Crippen LogP contribution in [0, 0.1) is 13.8 Å². The lowest BCUT2D eigenvalue weighted by atomic mass is 9.79. The van der Waals surface area contributed by atoms with Crippen molar-refractivity contribution in [2.75, 3.05) is 5.32 Å². The summed E-state index contributed by atoms with van der Waals surface area (Å²) < 4.78 is 0. The third-order valence-corrected chi connectivity index (χ3v) is 4.01. The summed E-state index contributed by atoms with van der Waals surface area (Å²) in [7, 11) is 0. The summed E-state index contributed by atoms with van der Waals surface area (Å²) in [5.74, 6) is -0.788. The summed E-state index contributed by atoms with van der Waals surface area (Å²) >= 11 is 5.73. The van der Waals surface area contributed by atoms with Crippen molar-refractivity contribution in [3.8, 4) is 0 Å². The number of anilines is 2. The number of halogens is 1. The molecule has 7 nitrogen and oxygen atoms in total. The standard InChI is InChI=1S/C18H20ClN3O4/c1-10-8-13(20-15-7-6-14(19)21-22-15)9-11(2)16(10)18(4,5)17(24)26-25-12(3)23/h6-9H,1-5H3,(H,20,22). The van der Waals surface area contributed by atoms with Gasteiger partial charge in [-0.15, -0.1) is 10.2 Å². The van der Waals surface area contributed by atoms with Gasteiger partial charge in [-0.25, -0.2) is 19.4 Å². The van der Waals surface area contributed by atoms with Crippen LogP contribution in [0.4, 0.5) is 11.5 Å². The van der Waals surface area contributed by atoms with E-state index in [1.54, 1.807) is 26.0 Å². The first-order valence-corrected chi connectivity index (χ1v) is 8.26. The highest BCUT2D eigenvalue weighted by atomic mass is 35.5. The van der Waals surface area contributed by atoms with E-state index in [9.17, 15) is 9.59 Å². The molecule has 0 unspecified atom stereocenters. The number of rotatable bonds is 4. The molecule has 0 atom stereocenters. The minimum Gasteiger partial charge on any atom is -0.339 e. The first-order chi connectivity index (χ1) is 12.1. The number of carbonyl (C=O) groups is 2. The van der Waals surface area contributed by atoms with E-state index in [0.29, 0.717) is 11.0 Å². The van der Waals surface area contributed by atoms with Crippen molar-refractivity contribution in [2.45, 2.75) is 40.0 Å². The zero-order valence-corrected chi connectivity index (χ0v) is 16.0. The van der Waals surface area contributed by atoms with E-state index in [0.717, 1.165) is 29.3 Å². The van der Waals surface area contributed by atoms with E-state index < -0.39 is 17.4 Å². The molecular weight excluding hydrogens is 358 g/mol. The Labute approximate surface area is 156 Å². The summed E-state index contributed by atoms with van der Waals surface area (Å²) in [6.45, 7) is 8.37. The van der Waals surface area contributed by atoms with Crippen molar-refractivity contribution >= 4 is 35.0 Å². The van der Waals surface area contributed by atoms with E-state index in [1.165, 1.54) is 0 Å². The van der Waals surface area contributed by atoms with Crippen LogP contribution in [0.5, 0.6) is 0 Å². The molecule has 0 aliphatic carbocycles. The normalized spacial score (nSPS) is 11.0. The van der Waals surface area contributed by atoms with Gasteiger partial charge in [0.05, 0.1) is 5.41 Å². The smallest absolute Gasteiger partial charge is 0.339 e. The Kier molecular flexibility index (Phi) is 5.82. The zero-order chi connectivity index (χ0) is 19.5. The molecule has 0 aliphatic rings. The van der Waals surface area contributed by atoms with Gasteiger partial charge in [-0.05, 0) is 68.7 Å². The Balaban J connectivity index is 2.29. The Morgan fingerprint density at radius 1 is 1.08 bits per heavy atom. The van der Waals surface area contributed by atoms with Gasteiger partial charge in [0.2, 0.25) is 0 Å². The second kappa shape index (κ2) is 7.70. The van der Waals surface area contributed by atoms with Crippen LogP contribution in [0.15, 0.2) is 24.3 Å². The molecule has 1 heterocycles. The van der Waals surface area contributed by atoms with Gasteiger partial charge in [0.15, 0.2) is 11.0 Å². The van der Waals surface area contributed by atoms with Gasteiger partial charge >= 0.3 is 11.9 Å². The van der Waals surface area contributed by atoms with E-state index in [2.05, 4.69) is 25.3 Å². The molecule has 0 bridgehead atoms. The lowest BCUT2D eigenvalue weighted by Crippen LogP contribution is -2.33. The molecular formula is C18H20ClN3O4. The Hall–Kier alpha value is -2.67. The van der Waals surface area contributed by atoms with Crippen LogP contribution in [0.1, 0.15) is 37.5 Å². The molecule has 2 rings (SSSR count). The molecule has 0 saturated heterocycles. The maximum atomic E-state index is 12.3. The minimum absolute atomic E-state index is 0.311. The quantitative estimate of drug-likeness (QED) is 0.640. The predicted octanol–water partition coefficient (Wildman–Crippen LogP) is 3.79. The van der Waals surface area contributed by atoms with E-state index >= 15 is 0 Å². The fraction of sp³-hybridized carbons (Fsp3) is 0.333. The SMILES string of the molecule is CC(=O)OOC(=O)C(C)(C)c1c(C)cc(Nc2ccc(Cl)nn2)cc1C. The van der Waals surface area contributed by atoms with E-state index in [-0.39, 0.29) is 0 Å². The third kappa shape index (κ3) is 4.49. The third-order valence-electron chi connectivity index (χ3n) is 3.81. The summed E-state index contributed by atoms with van der Waals surface area (Å²) in [6, 6.07) is 7.13. The van der Waals surface area contributed by atoms with Crippen LogP contribution in [0.2, 0.25) is 5.15 Å². The maximum absolute atomic E-state index is 12.3. The summed E-state index contributed by atoms with van der Waals surface area (Å²) in [5, 5.41) is 11.2.